The molecule has 1 saturated heterocycles. The van der Waals surface area contributed by atoms with Crippen LogP contribution in [-0.2, 0) is 0 Å². The van der Waals surface area contributed by atoms with Crippen LogP contribution in [0.2, 0.25) is 0 Å². The average Bonchev–Trinajstić information content (AvgIpc) is 3.08. The Morgan fingerprint density at radius 2 is 1.74 bits per heavy atom. The van der Waals surface area contributed by atoms with Gasteiger partial charge in [-0.1, -0.05) is 5.16 Å². The van der Waals surface area contributed by atoms with E-state index >= 15 is 0 Å². The highest BCUT2D eigenvalue weighted by molar-refractivity contribution is 6.03. The maximum atomic E-state index is 13.2. The Kier molecular flexibility index (Phi) is 5.31. The number of anilines is 2. The summed E-state index contributed by atoms with van der Waals surface area (Å²) in [5.41, 5.74) is -0.315. The van der Waals surface area contributed by atoms with Gasteiger partial charge in [0.2, 0.25) is 5.76 Å². The highest BCUT2D eigenvalue weighted by Gasteiger charge is 2.23. The Labute approximate surface area is 150 Å². The van der Waals surface area contributed by atoms with Crippen molar-refractivity contribution in [3.63, 3.8) is 0 Å². The number of amides is 3. The molecule has 8 nitrogen and oxygen atoms in total. The van der Waals surface area contributed by atoms with E-state index in [2.05, 4.69) is 15.8 Å². The molecule has 0 saturated carbocycles. The lowest BCUT2D eigenvalue weighted by molar-refractivity contribution is 0.0970. The molecule has 2 aromatic rings. The number of aliphatic hydroxyl groups excluding tert-OH is 1. The third-order valence-electron chi connectivity index (χ3n) is 3.96. The summed E-state index contributed by atoms with van der Waals surface area (Å²) < 4.78 is 44.1. The smallest absolute Gasteiger partial charge is 0.323 e. The topological polar surface area (TPSA) is 108 Å². The normalized spacial score (nSPS) is 14.9. The van der Waals surface area contributed by atoms with Gasteiger partial charge in [-0.2, -0.15) is 0 Å². The van der Waals surface area contributed by atoms with Gasteiger partial charge >= 0.3 is 6.03 Å². The minimum atomic E-state index is -1.65. The Morgan fingerprint density at radius 3 is 2.37 bits per heavy atom. The molecule has 3 N–H and O–H groups in total. The van der Waals surface area contributed by atoms with Crippen LogP contribution in [0, 0.1) is 17.5 Å². The van der Waals surface area contributed by atoms with E-state index in [0.29, 0.717) is 38.1 Å². The van der Waals surface area contributed by atoms with Crippen molar-refractivity contribution in [2.45, 2.75) is 18.9 Å². The summed E-state index contributed by atoms with van der Waals surface area (Å²) >= 11 is 0. The van der Waals surface area contributed by atoms with Gasteiger partial charge in [0.1, 0.15) is 0 Å². The average molecular weight is 384 g/mol. The van der Waals surface area contributed by atoms with E-state index in [1.165, 1.54) is 4.90 Å². The van der Waals surface area contributed by atoms with Gasteiger partial charge in [-0.05, 0) is 12.8 Å². The number of carbonyl (C=O) groups excluding carboxylic acids is 2. The number of aliphatic hydroxyl groups is 1. The number of nitrogens with zero attached hydrogens (tertiary/aromatic N) is 2. The molecule has 3 rings (SSSR count). The molecule has 0 bridgehead atoms. The predicted molar refractivity (Wildman–Crippen MR) is 86.6 cm³/mol. The van der Waals surface area contributed by atoms with E-state index in [1.54, 1.807) is 0 Å². The van der Waals surface area contributed by atoms with E-state index in [1.807, 2.05) is 0 Å². The first-order chi connectivity index (χ1) is 12.8. The molecule has 0 aliphatic carbocycles. The van der Waals surface area contributed by atoms with Crippen LogP contribution in [0.1, 0.15) is 23.4 Å². The fourth-order valence-electron chi connectivity index (χ4n) is 2.52. The number of piperidine rings is 1. The third kappa shape index (κ3) is 4.37. The van der Waals surface area contributed by atoms with Gasteiger partial charge < -0.3 is 19.8 Å². The van der Waals surface area contributed by atoms with Crippen molar-refractivity contribution < 1.29 is 32.4 Å². The van der Waals surface area contributed by atoms with Crippen molar-refractivity contribution in [1.82, 2.24) is 10.1 Å². The maximum absolute atomic E-state index is 13.2. The largest absolute Gasteiger partial charge is 0.393 e. The van der Waals surface area contributed by atoms with Gasteiger partial charge in [-0.25, -0.2) is 18.0 Å². The van der Waals surface area contributed by atoms with E-state index < -0.39 is 35.5 Å². The van der Waals surface area contributed by atoms with Crippen LogP contribution >= 0.6 is 0 Å². The van der Waals surface area contributed by atoms with Crippen LogP contribution in [-0.4, -0.2) is 46.3 Å². The monoisotopic (exact) mass is 384 g/mol. The third-order valence-corrected chi connectivity index (χ3v) is 3.96. The van der Waals surface area contributed by atoms with Gasteiger partial charge in [-0.3, -0.25) is 10.1 Å². The zero-order valence-electron chi connectivity index (χ0n) is 13.8. The molecule has 0 radical (unpaired) electrons. The summed E-state index contributed by atoms with van der Waals surface area (Å²) in [6.07, 6.45) is 0.493. The number of urea groups is 1. The van der Waals surface area contributed by atoms with E-state index in [0.717, 1.165) is 6.07 Å². The van der Waals surface area contributed by atoms with Crippen LogP contribution < -0.4 is 10.6 Å². The second-order valence-corrected chi connectivity index (χ2v) is 5.93. The number of carbonyl (C=O) groups is 2. The molecule has 2 heterocycles. The molecular formula is C16H15F3N4O4. The SMILES string of the molecule is O=C(Nc1cc(F)c(F)c(F)c1)c1cc(NC(=O)N2CCC(O)CC2)no1. The van der Waals surface area contributed by atoms with Gasteiger partial charge in [0.15, 0.2) is 23.3 Å². The summed E-state index contributed by atoms with van der Waals surface area (Å²) in [4.78, 5) is 25.6. The summed E-state index contributed by atoms with van der Waals surface area (Å²) in [5.74, 6) is -5.82. The molecule has 0 unspecified atom stereocenters. The van der Waals surface area contributed by atoms with Crippen LogP contribution in [0.15, 0.2) is 22.7 Å². The summed E-state index contributed by atoms with van der Waals surface area (Å²) in [7, 11) is 0. The second-order valence-electron chi connectivity index (χ2n) is 5.93. The van der Waals surface area contributed by atoms with Crippen molar-refractivity contribution in [3.8, 4) is 0 Å². The van der Waals surface area contributed by atoms with Crippen molar-refractivity contribution in [2.75, 3.05) is 23.7 Å². The first kappa shape index (κ1) is 18.7. The van der Waals surface area contributed by atoms with Gasteiger partial charge in [-0.15, -0.1) is 0 Å². The van der Waals surface area contributed by atoms with Gasteiger partial charge in [0, 0.05) is 37.0 Å². The standard InChI is InChI=1S/C16H15F3N4O4/c17-10-5-8(6-11(18)14(10)19)20-15(25)12-7-13(22-27-12)21-16(26)23-3-1-9(24)2-4-23/h5-7,9,24H,1-4H2,(H,20,25)(H,21,22,26). The Hall–Kier alpha value is -3.08. The number of hydrogen-bond donors (Lipinski definition) is 3. The quantitative estimate of drug-likeness (QED) is 0.704. The van der Waals surface area contributed by atoms with Gasteiger partial charge in [0.25, 0.3) is 5.91 Å². The predicted octanol–water partition coefficient (Wildman–Crippen LogP) is 2.33. The highest BCUT2D eigenvalue weighted by Crippen LogP contribution is 2.19. The molecule has 0 atom stereocenters. The van der Waals surface area contributed by atoms with Crippen LogP contribution in [0.3, 0.4) is 0 Å². The van der Waals surface area contributed by atoms with E-state index in [-0.39, 0.29) is 17.3 Å². The number of hydrogen-bond acceptors (Lipinski definition) is 5. The molecule has 1 aromatic heterocycles. The van der Waals surface area contributed by atoms with Crippen LogP contribution in [0.4, 0.5) is 29.5 Å². The summed E-state index contributed by atoms with van der Waals surface area (Å²) in [6.45, 7) is 0.750. The number of rotatable bonds is 3. The number of aromatic nitrogens is 1. The molecule has 0 spiro atoms. The lowest BCUT2D eigenvalue weighted by Gasteiger charge is -2.29. The minimum absolute atomic E-state index is 0.0345. The zero-order valence-corrected chi connectivity index (χ0v) is 13.8. The molecule has 27 heavy (non-hydrogen) atoms. The molecule has 1 aliphatic rings. The van der Waals surface area contributed by atoms with Crippen molar-refractivity contribution in [3.05, 3.63) is 41.4 Å². The Morgan fingerprint density at radius 1 is 1.11 bits per heavy atom. The minimum Gasteiger partial charge on any atom is -0.393 e. The summed E-state index contributed by atoms with van der Waals surface area (Å²) in [5, 5.41) is 17.5. The first-order valence-corrected chi connectivity index (χ1v) is 8.00. The summed E-state index contributed by atoms with van der Waals surface area (Å²) in [6, 6.07) is 1.88. The van der Waals surface area contributed by atoms with Crippen molar-refractivity contribution in [1.29, 1.82) is 0 Å². The number of halogens is 3. The lowest BCUT2D eigenvalue weighted by atomic mass is 10.1. The molecule has 1 fully saturated rings. The number of benzene rings is 1. The van der Waals surface area contributed by atoms with Gasteiger partial charge in [0.05, 0.1) is 6.10 Å². The Balaban J connectivity index is 1.61. The molecule has 11 heteroatoms. The maximum Gasteiger partial charge on any atom is 0.323 e. The fourth-order valence-corrected chi connectivity index (χ4v) is 2.52. The van der Waals surface area contributed by atoms with E-state index in [4.69, 9.17) is 4.52 Å². The van der Waals surface area contributed by atoms with E-state index in [9.17, 15) is 27.9 Å². The lowest BCUT2D eigenvalue weighted by Crippen LogP contribution is -2.42. The molecule has 1 aliphatic heterocycles. The highest BCUT2D eigenvalue weighted by atomic mass is 19.2. The zero-order chi connectivity index (χ0) is 19.6. The van der Waals surface area contributed by atoms with Crippen molar-refractivity contribution >= 4 is 23.4 Å². The number of nitrogens with one attached hydrogen (secondary N) is 2. The second kappa shape index (κ2) is 7.66. The molecule has 144 valence electrons. The van der Waals surface area contributed by atoms with Crippen LogP contribution in [0.5, 0.6) is 0 Å². The van der Waals surface area contributed by atoms with Crippen LogP contribution in [0.25, 0.3) is 0 Å². The molecule has 3 amide bonds. The fraction of sp³-hybridized carbons (Fsp3) is 0.312. The molecule has 1 aromatic carbocycles. The number of likely N-dealkylation sites (tertiary alicyclic amines) is 1. The van der Waals surface area contributed by atoms with Crippen molar-refractivity contribution in [2.24, 2.45) is 0 Å². The first-order valence-electron chi connectivity index (χ1n) is 8.00. The Bertz CT molecular complexity index is 842. The molecular weight excluding hydrogens is 369 g/mol.